The zero-order valence-electron chi connectivity index (χ0n) is 9.46. The Labute approximate surface area is 94.8 Å². The number of anilines is 1. The highest BCUT2D eigenvalue weighted by Gasteiger charge is 2.05. The van der Waals surface area contributed by atoms with Crippen LogP contribution in [-0.2, 0) is 4.74 Å². The first-order valence-electron chi connectivity index (χ1n) is 5.09. The summed E-state index contributed by atoms with van der Waals surface area (Å²) in [5.74, 6) is -0.0938. The number of nitrogens with one attached hydrogen (secondary N) is 1. The second-order valence-electron chi connectivity index (χ2n) is 3.75. The maximum Gasteiger partial charge on any atom is 0.147 e. The number of halogens is 1. The Morgan fingerprint density at radius 2 is 2.31 bits per heavy atom. The third-order valence-corrected chi connectivity index (χ3v) is 2.19. The van der Waals surface area contributed by atoms with E-state index >= 15 is 0 Å². The fourth-order valence-electron chi connectivity index (χ4n) is 1.36. The van der Waals surface area contributed by atoms with Gasteiger partial charge in [0.2, 0.25) is 0 Å². The Morgan fingerprint density at radius 1 is 1.56 bits per heavy atom. The monoisotopic (exact) mass is 222 g/mol. The SMILES string of the molecule is COCC(C)CNc1ccc(C#N)cc1F. The number of hydrogen-bond donors (Lipinski definition) is 1. The number of methoxy groups -OCH3 is 1. The van der Waals surface area contributed by atoms with Gasteiger partial charge in [-0.1, -0.05) is 6.92 Å². The van der Waals surface area contributed by atoms with Crippen LogP contribution in [0.2, 0.25) is 0 Å². The van der Waals surface area contributed by atoms with Gasteiger partial charge in [-0.2, -0.15) is 5.26 Å². The van der Waals surface area contributed by atoms with Crippen LogP contribution < -0.4 is 5.32 Å². The zero-order valence-corrected chi connectivity index (χ0v) is 9.46. The lowest BCUT2D eigenvalue weighted by Crippen LogP contribution is -2.16. The zero-order chi connectivity index (χ0) is 12.0. The van der Waals surface area contributed by atoms with Crippen molar-refractivity contribution in [3.63, 3.8) is 0 Å². The number of benzene rings is 1. The highest BCUT2D eigenvalue weighted by molar-refractivity contribution is 5.48. The fourth-order valence-corrected chi connectivity index (χ4v) is 1.36. The number of hydrogen-bond acceptors (Lipinski definition) is 3. The summed E-state index contributed by atoms with van der Waals surface area (Å²) in [7, 11) is 1.64. The number of ether oxygens (including phenoxy) is 1. The summed E-state index contributed by atoms with van der Waals surface area (Å²) in [6.45, 7) is 3.28. The van der Waals surface area contributed by atoms with Gasteiger partial charge >= 0.3 is 0 Å². The van der Waals surface area contributed by atoms with Crippen molar-refractivity contribution in [3.05, 3.63) is 29.6 Å². The second kappa shape index (κ2) is 6.09. The van der Waals surface area contributed by atoms with Crippen LogP contribution in [0.1, 0.15) is 12.5 Å². The predicted molar refractivity (Wildman–Crippen MR) is 60.6 cm³/mol. The van der Waals surface area contributed by atoms with E-state index in [-0.39, 0.29) is 0 Å². The summed E-state index contributed by atoms with van der Waals surface area (Å²) in [4.78, 5) is 0. The minimum absolute atomic E-state index is 0.306. The number of nitriles is 1. The van der Waals surface area contributed by atoms with Gasteiger partial charge in [0, 0.05) is 13.7 Å². The van der Waals surface area contributed by atoms with Gasteiger partial charge in [0.15, 0.2) is 0 Å². The van der Waals surface area contributed by atoms with E-state index in [4.69, 9.17) is 10.00 Å². The van der Waals surface area contributed by atoms with Crippen molar-refractivity contribution in [3.8, 4) is 6.07 Å². The van der Waals surface area contributed by atoms with E-state index in [1.54, 1.807) is 19.2 Å². The highest BCUT2D eigenvalue weighted by atomic mass is 19.1. The average Bonchev–Trinajstić information content (AvgIpc) is 2.27. The summed E-state index contributed by atoms with van der Waals surface area (Å²) < 4.78 is 18.4. The van der Waals surface area contributed by atoms with Crippen molar-refractivity contribution >= 4 is 5.69 Å². The van der Waals surface area contributed by atoms with E-state index in [0.717, 1.165) is 0 Å². The third-order valence-electron chi connectivity index (χ3n) is 2.19. The van der Waals surface area contributed by atoms with Gasteiger partial charge in [-0.3, -0.25) is 0 Å². The smallest absolute Gasteiger partial charge is 0.147 e. The van der Waals surface area contributed by atoms with Gasteiger partial charge in [-0.25, -0.2) is 4.39 Å². The van der Waals surface area contributed by atoms with Gasteiger partial charge in [-0.05, 0) is 24.1 Å². The molecule has 86 valence electrons. The Balaban J connectivity index is 2.58. The first kappa shape index (κ1) is 12.5. The summed E-state index contributed by atoms with van der Waals surface area (Å²) in [6.07, 6.45) is 0. The molecule has 0 amide bonds. The topological polar surface area (TPSA) is 45.0 Å². The quantitative estimate of drug-likeness (QED) is 0.832. The van der Waals surface area contributed by atoms with Crippen molar-refractivity contribution in [2.24, 2.45) is 5.92 Å². The van der Waals surface area contributed by atoms with Gasteiger partial charge < -0.3 is 10.1 Å². The third kappa shape index (κ3) is 3.52. The minimum atomic E-state index is -0.399. The van der Waals surface area contributed by atoms with E-state index in [1.165, 1.54) is 6.07 Å². The molecule has 0 saturated heterocycles. The fraction of sp³-hybridized carbons (Fsp3) is 0.417. The molecule has 1 unspecified atom stereocenters. The Hall–Kier alpha value is -1.60. The van der Waals surface area contributed by atoms with Crippen LogP contribution >= 0.6 is 0 Å². The largest absolute Gasteiger partial charge is 0.384 e. The molecule has 16 heavy (non-hydrogen) atoms. The minimum Gasteiger partial charge on any atom is -0.384 e. The molecule has 0 aromatic heterocycles. The molecule has 0 aliphatic rings. The van der Waals surface area contributed by atoms with Crippen LogP contribution in [0.15, 0.2) is 18.2 Å². The first-order valence-corrected chi connectivity index (χ1v) is 5.09. The van der Waals surface area contributed by atoms with Gasteiger partial charge in [0.25, 0.3) is 0 Å². The maximum absolute atomic E-state index is 13.4. The lowest BCUT2D eigenvalue weighted by atomic mass is 10.1. The van der Waals surface area contributed by atoms with Crippen LogP contribution in [0.3, 0.4) is 0 Å². The average molecular weight is 222 g/mol. The molecule has 1 aromatic carbocycles. The molecule has 0 bridgehead atoms. The van der Waals surface area contributed by atoms with E-state index in [9.17, 15) is 4.39 Å². The van der Waals surface area contributed by atoms with E-state index in [2.05, 4.69) is 5.32 Å². The van der Waals surface area contributed by atoms with Crippen molar-refractivity contribution in [1.29, 1.82) is 5.26 Å². The molecule has 4 heteroatoms. The van der Waals surface area contributed by atoms with Crippen molar-refractivity contribution in [1.82, 2.24) is 0 Å². The highest BCUT2D eigenvalue weighted by Crippen LogP contribution is 2.15. The molecule has 0 aliphatic heterocycles. The van der Waals surface area contributed by atoms with E-state index < -0.39 is 5.82 Å². The molecule has 1 N–H and O–H groups in total. The van der Waals surface area contributed by atoms with Crippen molar-refractivity contribution in [2.75, 3.05) is 25.6 Å². The molecule has 3 nitrogen and oxygen atoms in total. The molecular formula is C12H15FN2O. The molecule has 0 saturated carbocycles. The Morgan fingerprint density at radius 3 is 2.88 bits per heavy atom. The normalized spacial score (nSPS) is 11.9. The first-order chi connectivity index (χ1) is 7.67. The summed E-state index contributed by atoms with van der Waals surface area (Å²) in [6, 6.07) is 6.28. The Kier molecular flexibility index (Phi) is 4.74. The van der Waals surface area contributed by atoms with E-state index in [1.807, 2.05) is 13.0 Å². The maximum atomic E-state index is 13.4. The molecule has 0 heterocycles. The molecule has 0 radical (unpaired) electrons. The predicted octanol–water partition coefficient (Wildman–Crippen LogP) is 2.39. The molecular weight excluding hydrogens is 207 g/mol. The Bertz CT molecular complexity index is 387. The molecule has 0 aliphatic carbocycles. The van der Waals surface area contributed by atoms with Gasteiger partial charge in [-0.15, -0.1) is 0 Å². The molecule has 1 atom stereocenters. The molecule has 0 fully saturated rings. The lowest BCUT2D eigenvalue weighted by molar-refractivity contribution is 0.164. The number of rotatable bonds is 5. The molecule has 1 rings (SSSR count). The van der Waals surface area contributed by atoms with Crippen LogP contribution in [0, 0.1) is 23.1 Å². The van der Waals surface area contributed by atoms with Crippen LogP contribution in [-0.4, -0.2) is 20.3 Å². The molecule has 1 aromatic rings. The summed E-state index contributed by atoms with van der Waals surface area (Å²) in [5, 5.41) is 11.6. The van der Waals surface area contributed by atoms with Crippen molar-refractivity contribution < 1.29 is 9.13 Å². The van der Waals surface area contributed by atoms with E-state index in [0.29, 0.717) is 30.3 Å². The van der Waals surface area contributed by atoms with Crippen LogP contribution in [0.25, 0.3) is 0 Å². The van der Waals surface area contributed by atoms with Crippen LogP contribution in [0.5, 0.6) is 0 Å². The summed E-state index contributed by atoms with van der Waals surface area (Å²) in [5.41, 5.74) is 0.745. The summed E-state index contributed by atoms with van der Waals surface area (Å²) >= 11 is 0. The molecule has 0 spiro atoms. The number of nitrogens with zero attached hydrogens (tertiary/aromatic N) is 1. The lowest BCUT2D eigenvalue weighted by Gasteiger charge is -2.13. The second-order valence-corrected chi connectivity index (χ2v) is 3.75. The van der Waals surface area contributed by atoms with Crippen LogP contribution in [0.4, 0.5) is 10.1 Å². The van der Waals surface area contributed by atoms with Crippen molar-refractivity contribution in [2.45, 2.75) is 6.92 Å². The van der Waals surface area contributed by atoms with Gasteiger partial charge in [0.05, 0.1) is 23.9 Å². The standard InChI is InChI=1S/C12H15FN2O/c1-9(8-16-2)7-15-12-4-3-10(6-14)5-11(12)13/h3-5,9,15H,7-8H2,1-2H3. The van der Waals surface area contributed by atoms with Gasteiger partial charge in [0.1, 0.15) is 5.82 Å².